The summed E-state index contributed by atoms with van der Waals surface area (Å²) in [6, 6.07) is 0. The predicted octanol–water partition coefficient (Wildman–Crippen LogP) is 2.56. The van der Waals surface area contributed by atoms with Gasteiger partial charge in [0.1, 0.15) is 0 Å². The number of unbranched alkanes of at least 4 members (excludes halogenated alkanes) is 1. The molecule has 1 aliphatic carbocycles. The minimum atomic E-state index is 0.0710. The van der Waals surface area contributed by atoms with Gasteiger partial charge < -0.3 is 10.6 Å². The van der Waals surface area contributed by atoms with Gasteiger partial charge in [0, 0.05) is 18.5 Å². The van der Waals surface area contributed by atoms with Crippen molar-refractivity contribution in [3.63, 3.8) is 0 Å². The van der Waals surface area contributed by atoms with Gasteiger partial charge in [0.15, 0.2) is 0 Å². The van der Waals surface area contributed by atoms with E-state index in [0.717, 1.165) is 25.8 Å². The Balaban J connectivity index is 2.20. The Labute approximate surface area is 116 Å². The Hall–Kier alpha value is -0.220. The van der Waals surface area contributed by atoms with E-state index >= 15 is 0 Å². The Bertz CT molecular complexity index is 240. The topological polar surface area (TPSA) is 41.1 Å². The van der Waals surface area contributed by atoms with E-state index in [-0.39, 0.29) is 11.4 Å². The molecule has 0 spiro atoms. The van der Waals surface area contributed by atoms with Gasteiger partial charge in [-0.2, -0.15) is 11.8 Å². The molecule has 0 unspecified atom stereocenters. The normalized spacial score (nSPS) is 18.6. The van der Waals surface area contributed by atoms with Crippen molar-refractivity contribution in [3.8, 4) is 0 Å². The Morgan fingerprint density at radius 2 is 1.94 bits per heavy atom. The van der Waals surface area contributed by atoms with E-state index in [1.54, 1.807) is 0 Å². The molecule has 18 heavy (non-hydrogen) atoms. The number of amides is 1. The van der Waals surface area contributed by atoms with Crippen LogP contribution in [0.2, 0.25) is 0 Å². The summed E-state index contributed by atoms with van der Waals surface area (Å²) in [4.78, 5) is 12.0. The van der Waals surface area contributed by atoms with Gasteiger partial charge in [-0.25, -0.2) is 0 Å². The fourth-order valence-corrected chi connectivity index (χ4v) is 3.21. The van der Waals surface area contributed by atoms with Crippen molar-refractivity contribution < 1.29 is 4.79 Å². The highest BCUT2D eigenvalue weighted by Crippen LogP contribution is 2.30. The van der Waals surface area contributed by atoms with Crippen molar-refractivity contribution in [2.75, 3.05) is 25.6 Å². The van der Waals surface area contributed by atoms with Gasteiger partial charge in [-0.1, -0.05) is 19.3 Å². The maximum Gasteiger partial charge on any atom is 0.221 e. The number of rotatable bonds is 8. The quantitative estimate of drug-likeness (QED) is 0.667. The lowest BCUT2D eigenvalue weighted by atomic mass is 9.79. The lowest BCUT2D eigenvalue weighted by molar-refractivity contribution is -0.122. The van der Waals surface area contributed by atoms with Crippen molar-refractivity contribution in [1.29, 1.82) is 0 Å². The second-order valence-electron chi connectivity index (χ2n) is 5.32. The molecule has 0 atom stereocenters. The third kappa shape index (κ3) is 5.61. The fraction of sp³-hybridized carbons (Fsp3) is 0.929. The molecule has 0 aromatic heterocycles. The molecule has 3 nitrogen and oxygen atoms in total. The van der Waals surface area contributed by atoms with Crippen molar-refractivity contribution in [2.45, 2.75) is 56.9 Å². The summed E-state index contributed by atoms with van der Waals surface area (Å²) in [5.74, 6) is 1.41. The van der Waals surface area contributed by atoms with Crippen molar-refractivity contribution in [1.82, 2.24) is 10.6 Å². The van der Waals surface area contributed by atoms with Gasteiger partial charge in [0.05, 0.1) is 0 Å². The summed E-state index contributed by atoms with van der Waals surface area (Å²) < 4.78 is 0. The number of carbonyl (C=O) groups excluding carboxylic acids is 1. The third-order valence-electron chi connectivity index (χ3n) is 3.94. The average molecular weight is 272 g/mol. The van der Waals surface area contributed by atoms with Crippen LogP contribution in [0.25, 0.3) is 0 Å². The first kappa shape index (κ1) is 15.8. The van der Waals surface area contributed by atoms with Crippen molar-refractivity contribution in [2.24, 2.45) is 0 Å². The standard InChI is InChI=1S/C14H28N2OS/c1-15-14(8-4-3-5-9-14)12-13(17)16-10-6-7-11-18-2/h15H,3-12H2,1-2H3,(H,16,17). The minimum Gasteiger partial charge on any atom is -0.356 e. The highest BCUT2D eigenvalue weighted by Gasteiger charge is 2.32. The fourth-order valence-electron chi connectivity index (χ4n) is 2.71. The summed E-state index contributed by atoms with van der Waals surface area (Å²) in [7, 11) is 2.00. The molecule has 106 valence electrons. The minimum absolute atomic E-state index is 0.0710. The van der Waals surface area contributed by atoms with E-state index in [9.17, 15) is 4.79 Å². The lowest BCUT2D eigenvalue weighted by Crippen LogP contribution is -2.48. The summed E-state index contributed by atoms with van der Waals surface area (Å²) in [6.07, 6.45) is 11.2. The molecule has 1 rings (SSSR count). The van der Waals surface area contributed by atoms with E-state index in [1.807, 2.05) is 18.8 Å². The largest absolute Gasteiger partial charge is 0.356 e. The smallest absolute Gasteiger partial charge is 0.221 e. The summed E-state index contributed by atoms with van der Waals surface area (Å²) in [6.45, 7) is 0.833. The molecule has 4 heteroatoms. The highest BCUT2D eigenvalue weighted by molar-refractivity contribution is 7.98. The molecule has 1 saturated carbocycles. The number of thioether (sulfide) groups is 1. The van der Waals surface area contributed by atoms with Gasteiger partial charge in [-0.15, -0.1) is 0 Å². The Kier molecular flexibility index (Phi) is 7.75. The van der Waals surface area contributed by atoms with Crippen LogP contribution in [0, 0.1) is 0 Å². The molecule has 2 N–H and O–H groups in total. The van der Waals surface area contributed by atoms with Crippen molar-refractivity contribution >= 4 is 17.7 Å². The van der Waals surface area contributed by atoms with E-state index in [1.165, 1.54) is 31.4 Å². The molecule has 0 aliphatic heterocycles. The second-order valence-corrected chi connectivity index (χ2v) is 6.30. The maximum atomic E-state index is 12.0. The van der Waals surface area contributed by atoms with E-state index < -0.39 is 0 Å². The SMILES string of the molecule is CNC1(CC(=O)NCCCCSC)CCCCC1. The third-order valence-corrected chi connectivity index (χ3v) is 4.63. The molecule has 0 bridgehead atoms. The van der Waals surface area contributed by atoms with Gasteiger partial charge in [0.25, 0.3) is 0 Å². The van der Waals surface area contributed by atoms with E-state index in [0.29, 0.717) is 6.42 Å². The van der Waals surface area contributed by atoms with Crippen LogP contribution in [0.15, 0.2) is 0 Å². The molecule has 1 amide bonds. The zero-order chi connectivity index (χ0) is 13.3. The first-order valence-corrected chi connectivity index (χ1v) is 8.56. The molecule has 0 aromatic rings. The first-order valence-electron chi connectivity index (χ1n) is 7.17. The van der Waals surface area contributed by atoms with Crippen molar-refractivity contribution in [3.05, 3.63) is 0 Å². The molecular formula is C14H28N2OS. The number of hydrogen-bond donors (Lipinski definition) is 2. The van der Waals surface area contributed by atoms with E-state index in [4.69, 9.17) is 0 Å². The van der Waals surface area contributed by atoms with Gasteiger partial charge in [-0.3, -0.25) is 4.79 Å². The Morgan fingerprint density at radius 1 is 1.22 bits per heavy atom. The molecule has 1 fully saturated rings. The van der Waals surface area contributed by atoms with E-state index in [2.05, 4.69) is 16.9 Å². The average Bonchev–Trinajstić information content (AvgIpc) is 2.39. The van der Waals surface area contributed by atoms with Crippen LogP contribution in [-0.4, -0.2) is 37.0 Å². The monoisotopic (exact) mass is 272 g/mol. The molecule has 0 aromatic carbocycles. The van der Waals surface area contributed by atoms with Crippen LogP contribution < -0.4 is 10.6 Å². The van der Waals surface area contributed by atoms with Crippen LogP contribution in [0.5, 0.6) is 0 Å². The second kappa shape index (κ2) is 8.81. The Morgan fingerprint density at radius 3 is 2.56 bits per heavy atom. The zero-order valence-corrected chi connectivity index (χ0v) is 12.7. The molecule has 0 heterocycles. The maximum absolute atomic E-state index is 12.0. The summed E-state index contributed by atoms with van der Waals surface area (Å²) in [5.41, 5.74) is 0.0710. The van der Waals surface area contributed by atoms with Gasteiger partial charge >= 0.3 is 0 Å². The van der Waals surface area contributed by atoms with Crippen LogP contribution in [0.4, 0.5) is 0 Å². The molecule has 0 saturated heterocycles. The van der Waals surface area contributed by atoms with Gasteiger partial charge in [0.2, 0.25) is 5.91 Å². The number of nitrogens with one attached hydrogen (secondary N) is 2. The van der Waals surface area contributed by atoms with Crippen LogP contribution in [0.3, 0.4) is 0 Å². The first-order chi connectivity index (χ1) is 8.72. The number of hydrogen-bond acceptors (Lipinski definition) is 3. The number of carbonyl (C=O) groups is 1. The highest BCUT2D eigenvalue weighted by atomic mass is 32.2. The van der Waals surface area contributed by atoms with Crippen LogP contribution in [0.1, 0.15) is 51.4 Å². The summed E-state index contributed by atoms with van der Waals surface area (Å²) >= 11 is 1.87. The molecular weight excluding hydrogens is 244 g/mol. The van der Waals surface area contributed by atoms with Crippen LogP contribution >= 0.6 is 11.8 Å². The molecule has 0 radical (unpaired) electrons. The van der Waals surface area contributed by atoms with Crippen LogP contribution in [-0.2, 0) is 4.79 Å². The lowest BCUT2D eigenvalue weighted by Gasteiger charge is -2.36. The van der Waals surface area contributed by atoms with Gasteiger partial charge in [-0.05, 0) is 44.7 Å². The molecule has 1 aliphatic rings. The zero-order valence-electron chi connectivity index (χ0n) is 11.9. The summed E-state index contributed by atoms with van der Waals surface area (Å²) in [5, 5.41) is 6.45. The predicted molar refractivity (Wildman–Crippen MR) is 80.1 cm³/mol.